The molecule has 4 nitrogen and oxygen atoms in total. The average molecular weight is 192 g/mol. The van der Waals surface area contributed by atoms with Gasteiger partial charge >= 0.3 is 0 Å². The lowest BCUT2D eigenvalue weighted by Crippen LogP contribution is -2.02. The summed E-state index contributed by atoms with van der Waals surface area (Å²) in [6.45, 7) is 4.61. The molecule has 0 saturated carbocycles. The molecule has 0 spiro atoms. The average Bonchev–Trinajstić information content (AvgIpc) is 2.37. The summed E-state index contributed by atoms with van der Waals surface area (Å²) < 4.78 is 4.93. The Morgan fingerprint density at radius 1 is 1.50 bits per heavy atom. The molecule has 0 saturated heterocycles. The lowest BCUT2D eigenvalue weighted by Gasteiger charge is -1.91. The topological polar surface area (TPSA) is 64.9 Å². The van der Waals surface area contributed by atoms with Crippen LogP contribution in [-0.2, 0) is 6.42 Å². The van der Waals surface area contributed by atoms with Crippen molar-refractivity contribution < 1.29 is 4.52 Å². The highest BCUT2D eigenvalue weighted by molar-refractivity contribution is 5.85. The van der Waals surface area contributed by atoms with Gasteiger partial charge in [0, 0.05) is 18.9 Å². The smallest absolute Gasteiger partial charge is 0.227 e. The zero-order valence-corrected chi connectivity index (χ0v) is 8.10. The van der Waals surface area contributed by atoms with Gasteiger partial charge in [0.15, 0.2) is 5.82 Å². The van der Waals surface area contributed by atoms with Gasteiger partial charge in [-0.1, -0.05) is 19.0 Å². The monoisotopic (exact) mass is 191 g/mol. The SMILES string of the molecule is CC(C)c1noc(CCN)n1.Cl. The third kappa shape index (κ3) is 2.79. The summed E-state index contributed by atoms with van der Waals surface area (Å²) in [5, 5.41) is 3.79. The summed E-state index contributed by atoms with van der Waals surface area (Å²) >= 11 is 0. The van der Waals surface area contributed by atoms with Crippen LogP contribution in [0.15, 0.2) is 4.52 Å². The molecule has 1 rings (SSSR count). The molecular formula is C7H14ClN3O. The summed E-state index contributed by atoms with van der Waals surface area (Å²) in [7, 11) is 0. The quantitative estimate of drug-likeness (QED) is 0.778. The summed E-state index contributed by atoms with van der Waals surface area (Å²) in [6.07, 6.45) is 0.666. The van der Waals surface area contributed by atoms with E-state index in [0.29, 0.717) is 24.8 Å². The fourth-order valence-electron chi connectivity index (χ4n) is 0.728. The van der Waals surface area contributed by atoms with Crippen molar-refractivity contribution in [2.75, 3.05) is 6.54 Å². The van der Waals surface area contributed by atoms with Gasteiger partial charge in [0.1, 0.15) is 0 Å². The first-order valence-corrected chi connectivity index (χ1v) is 3.76. The first kappa shape index (κ1) is 11.4. The van der Waals surface area contributed by atoms with Crippen molar-refractivity contribution in [1.82, 2.24) is 10.1 Å². The fourth-order valence-corrected chi connectivity index (χ4v) is 0.728. The van der Waals surface area contributed by atoms with Crippen LogP contribution in [0.5, 0.6) is 0 Å². The van der Waals surface area contributed by atoms with Crippen LogP contribution in [0, 0.1) is 0 Å². The molecule has 1 aromatic heterocycles. The van der Waals surface area contributed by atoms with Crippen LogP contribution in [0.3, 0.4) is 0 Å². The van der Waals surface area contributed by atoms with Crippen molar-refractivity contribution in [1.29, 1.82) is 0 Å². The third-order valence-electron chi connectivity index (χ3n) is 1.36. The number of hydrogen-bond acceptors (Lipinski definition) is 4. The predicted molar refractivity (Wildman–Crippen MR) is 48.4 cm³/mol. The molecule has 0 amide bonds. The van der Waals surface area contributed by atoms with E-state index in [1.165, 1.54) is 0 Å². The van der Waals surface area contributed by atoms with E-state index >= 15 is 0 Å². The van der Waals surface area contributed by atoms with Crippen molar-refractivity contribution in [3.05, 3.63) is 11.7 Å². The number of halogens is 1. The van der Waals surface area contributed by atoms with E-state index in [1.807, 2.05) is 13.8 Å². The molecule has 2 N–H and O–H groups in total. The van der Waals surface area contributed by atoms with Gasteiger partial charge in [-0.25, -0.2) is 0 Å². The standard InChI is InChI=1S/C7H13N3O.ClH/c1-5(2)7-9-6(3-4-8)11-10-7;/h5H,3-4,8H2,1-2H3;1H. The number of nitrogens with zero attached hydrogens (tertiary/aromatic N) is 2. The molecule has 0 radical (unpaired) electrons. The Bertz CT molecular complexity index is 224. The molecule has 0 atom stereocenters. The maximum atomic E-state index is 5.32. The molecule has 1 heterocycles. The third-order valence-corrected chi connectivity index (χ3v) is 1.36. The zero-order chi connectivity index (χ0) is 8.27. The van der Waals surface area contributed by atoms with Gasteiger partial charge in [0.2, 0.25) is 5.89 Å². The molecule has 5 heteroatoms. The molecule has 0 aliphatic heterocycles. The van der Waals surface area contributed by atoms with Gasteiger partial charge in [-0.05, 0) is 0 Å². The Labute approximate surface area is 77.9 Å². The summed E-state index contributed by atoms with van der Waals surface area (Å²) in [5.74, 6) is 1.72. The second kappa shape index (κ2) is 5.11. The van der Waals surface area contributed by atoms with Crippen LogP contribution in [0.25, 0.3) is 0 Å². The summed E-state index contributed by atoms with van der Waals surface area (Å²) in [6, 6.07) is 0. The first-order chi connectivity index (χ1) is 5.24. The highest BCUT2D eigenvalue weighted by atomic mass is 35.5. The molecule has 0 unspecified atom stereocenters. The second-order valence-corrected chi connectivity index (χ2v) is 2.74. The van der Waals surface area contributed by atoms with E-state index in [9.17, 15) is 0 Å². The van der Waals surface area contributed by atoms with E-state index < -0.39 is 0 Å². The van der Waals surface area contributed by atoms with Crippen LogP contribution in [0.4, 0.5) is 0 Å². The minimum Gasteiger partial charge on any atom is -0.339 e. The molecule has 0 aliphatic carbocycles. The van der Waals surface area contributed by atoms with Crippen LogP contribution in [0.2, 0.25) is 0 Å². The molecule has 70 valence electrons. The van der Waals surface area contributed by atoms with Gasteiger partial charge in [-0.3, -0.25) is 0 Å². The Kier molecular flexibility index (Phi) is 4.85. The van der Waals surface area contributed by atoms with E-state index in [0.717, 1.165) is 5.82 Å². The zero-order valence-electron chi connectivity index (χ0n) is 7.28. The minimum absolute atomic E-state index is 0. The molecule has 0 aliphatic rings. The first-order valence-electron chi connectivity index (χ1n) is 3.76. The van der Waals surface area contributed by atoms with Crippen molar-refractivity contribution in [3.63, 3.8) is 0 Å². The van der Waals surface area contributed by atoms with E-state index in [1.54, 1.807) is 0 Å². The van der Waals surface area contributed by atoms with E-state index in [2.05, 4.69) is 10.1 Å². The molecule has 0 aromatic carbocycles. The largest absolute Gasteiger partial charge is 0.339 e. The highest BCUT2D eigenvalue weighted by Crippen LogP contribution is 2.09. The molecule has 0 bridgehead atoms. The molecule has 12 heavy (non-hydrogen) atoms. The van der Waals surface area contributed by atoms with Crippen molar-refractivity contribution in [2.45, 2.75) is 26.2 Å². The van der Waals surface area contributed by atoms with Crippen molar-refractivity contribution in [2.24, 2.45) is 5.73 Å². The maximum absolute atomic E-state index is 5.32. The molecule has 0 fully saturated rings. The van der Waals surface area contributed by atoms with Crippen LogP contribution < -0.4 is 5.73 Å². The van der Waals surface area contributed by atoms with Crippen molar-refractivity contribution >= 4 is 12.4 Å². The van der Waals surface area contributed by atoms with E-state index in [4.69, 9.17) is 10.3 Å². The van der Waals surface area contributed by atoms with Gasteiger partial charge in [0.25, 0.3) is 0 Å². The normalized spacial score (nSPS) is 10.0. The van der Waals surface area contributed by atoms with Crippen LogP contribution in [-0.4, -0.2) is 16.7 Å². The predicted octanol–water partition coefficient (Wildman–Crippen LogP) is 1.12. The summed E-state index contributed by atoms with van der Waals surface area (Å²) in [5.41, 5.74) is 5.32. The minimum atomic E-state index is 0. The second-order valence-electron chi connectivity index (χ2n) is 2.74. The maximum Gasteiger partial charge on any atom is 0.227 e. The fraction of sp³-hybridized carbons (Fsp3) is 0.714. The summed E-state index contributed by atoms with van der Waals surface area (Å²) in [4.78, 5) is 4.14. The lowest BCUT2D eigenvalue weighted by molar-refractivity contribution is 0.372. The number of hydrogen-bond donors (Lipinski definition) is 1. The molecular weight excluding hydrogens is 178 g/mol. The number of rotatable bonds is 3. The van der Waals surface area contributed by atoms with E-state index in [-0.39, 0.29) is 12.4 Å². The van der Waals surface area contributed by atoms with Gasteiger partial charge in [-0.2, -0.15) is 4.98 Å². The molecule has 1 aromatic rings. The van der Waals surface area contributed by atoms with Crippen molar-refractivity contribution in [3.8, 4) is 0 Å². The van der Waals surface area contributed by atoms with Gasteiger partial charge in [-0.15, -0.1) is 12.4 Å². The van der Waals surface area contributed by atoms with Crippen LogP contribution >= 0.6 is 12.4 Å². The Morgan fingerprint density at radius 2 is 2.17 bits per heavy atom. The number of nitrogens with two attached hydrogens (primary N) is 1. The lowest BCUT2D eigenvalue weighted by atomic mass is 10.2. The van der Waals surface area contributed by atoms with Gasteiger partial charge in [0.05, 0.1) is 0 Å². The van der Waals surface area contributed by atoms with Gasteiger partial charge < -0.3 is 10.3 Å². The van der Waals surface area contributed by atoms with Crippen LogP contribution in [0.1, 0.15) is 31.5 Å². The Hall–Kier alpha value is -0.610. The Morgan fingerprint density at radius 3 is 2.58 bits per heavy atom. The number of aromatic nitrogens is 2. The Balaban J connectivity index is 0.00000121. The highest BCUT2D eigenvalue weighted by Gasteiger charge is 2.07.